The molecule has 3 rings (SSSR count). The van der Waals surface area contributed by atoms with Crippen LogP contribution in [0.4, 0.5) is 29.5 Å². The Morgan fingerprint density at radius 3 is 2.30 bits per heavy atom. The Labute approximate surface area is 230 Å². The van der Waals surface area contributed by atoms with E-state index in [1.54, 1.807) is 32.6 Å². The number of rotatable bonds is 6. The highest BCUT2D eigenvalue weighted by atomic mass is 32.2. The first-order valence-corrected chi connectivity index (χ1v) is 13.6. The number of nitrogens with zero attached hydrogens (tertiary/aromatic N) is 3. The molecule has 10 nitrogen and oxygen atoms in total. The lowest BCUT2D eigenvalue weighted by molar-refractivity contribution is -0.277. The molecule has 0 bridgehead atoms. The summed E-state index contributed by atoms with van der Waals surface area (Å²) in [4.78, 5) is 17.6. The number of halogens is 3. The minimum atomic E-state index is -5.08. The molecule has 0 saturated carbocycles. The van der Waals surface area contributed by atoms with Gasteiger partial charge in [-0.15, -0.1) is 5.92 Å². The number of ether oxygens (including phenoxy) is 1. The summed E-state index contributed by atoms with van der Waals surface area (Å²) in [6.45, 7) is 5.33. The van der Waals surface area contributed by atoms with Crippen LogP contribution >= 0.6 is 0 Å². The van der Waals surface area contributed by atoms with Crippen LogP contribution < -0.4 is 10.2 Å². The van der Waals surface area contributed by atoms with Gasteiger partial charge in [-0.05, 0) is 57.5 Å². The van der Waals surface area contributed by atoms with Crippen molar-refractivity contribution >= 4 is 27.6 Å². The van der Waals surface area contributed by atoms with Crippen molar-refractivity contribution in [1.29, 1.82) is 0 Å². The second kappa shape index (κ2) is 11.6. The van der Waals surface area contributed by atoms with Gasteiger partial charge in [0.05, 0.1) is 6.61 Å². The number of amides is 1. The number of alkyl halides is 3. The number of sulfonamides is 1. The fraction of sp³-hybridized carbons (Fsp3) is 0.462. The molecule has 218 valence electrons. The van der Waals surface area contributed by atoms with Crippen LogP contribution in [0, 0.1) is 11.8 Å². The van der Waals surface area contributed by atoms with Gasteiger partial charge in [0, 0.05) is 31.5 Å². The molecule has 1 amide bonds. The highest BCUT2D eigenvalue weighted by molar-refractivity contribution is 7.89. The Hall–Kier alpha value is -3.38. The number of carbonyl (C=O) groups excluding carboxylic acids is 1. The summed E-state index contributed by atoms with van der Waals surface area (Å²) in [7, 11) is -3.99. The average Bonchev–Trinajstić information content (AvgIpc) is 2.87. The topological polar surface area (TPSA) is 132 Å². The number of carbonyl (C=O) groups is 1. The number of benzene rings is 1. The molecular formula is C26H31F3N4O6S. The number of anilines is 2. The van der Waals surface area contributed by atoms with Gasteiger partial charge in [-0.3, -0.25) is 5.32 Å². The minimum Gasteiger partial charge on any atom is -0.444 e. The molecule has 1 fully saturated rings. The molecule has 2 aromatic rings. The zero-order valence-electron chi connectivity index (χ0n) is 22.4. The van der Waals surface area contributed by atoms with Gasteiger partial charge < -0.3 is 19.8 Å². The zero-order chi connectivity index (χ0) is 29.9. The van der Waals surface area contributed by atoms with Crippen molar-refractivity contribution < 1.29 is 41.3 Å². The van der Waals surface area contributed by atoms with Gasteiger partial charge in [-0.1, -0.05) is 18.1 Å². The van der Waals surface area contributed by atoms with E-state index in [1.807, 2.05) is 0 Å². The molecular weight excluding hydrogens is 553 g/mol. The molecule has 3 N–H and O–H groups in total. The molecule has 0 radical (unpaired) electrons. The molecule has 1 aromatic heterocycles. The monoisotopic (exact) mass is 584 g/mol. The minimum absolute atomic E-state index is 0.0358. The molecule has 0 spiro atoms. The quantitative estimate of drug-likeness (QED) is 0.442. The van der Waals surface area contributed by atoms with Crippen LogP contribution in [0.15, 0.2) is 47.5 Å². The standard InChI is InChI=1S/C26H31F3N4O6S/c1-5-6-20-16-32(40(37,38)21-11-12-22(30-15-21)31-23(35)39-24(2,3)4)13-14-33(20)19-9-7-18(8-10-19)25(36,17-34)26(27,28)29/h7-12,15,20,34,36H,13-14,16-17H2,1-4H3,(H,30,31,35)/t20-,25?/m0/s1. The maximum atomic E-state index is 13.3. The van der Waals surface area contributed by atoms with E-state index in [0.29, 0.717) is 5.69 Å². The lowest BCUT2D eigenvalue weighted by atomic mass is 9.93. The summed E-state index contributed by atoms with van der Waals surface area (Å²) in [6.07, 6.45) is -4.70. The third-order valence-electron chi connectivity index (χ3n) is 6.03. The molecule has 1 unspecified atom stereocenters. The molecule has 2 atom stereocenters. The van der Waals surface area contributed by atoms with Crippen molar-refractivity contribution in [2.45, 2.75) is 56.0 Å². The van der Waals surface area contributed by atoms with E-state index in [-0.39, 0.29) is 30.3 Å². The second-order valence-corrected chi connectivity index (χ2v) is 12.0. The molecule has 1 aromatic carbocycles. The van der Waals surface area contributed by atoms with E-state index in [1.165, 1.54) is 28.6 Å². The van der Waals surface area contributed by atoms with Crippen molar-refractivity contribution in [2.75, 3.05) is 36.5 Å². The van der Waals surface area contributed by atoms with Gasteiger partial charge in [0.2, 0.25) is 15.6 Å². The van der Waals surface area contributed by atoms with Crippen LogP contribution in [0.1, 0.15) is 33.3 Å². The van der Waals surface area contributed by atoms with Crippen molar-refractivity contribution in [3.05, 3.63) is 48.2 Å². The number of aliphatic hydroxyl groups excluding tert-OH is 1. The highest BCUT2D eigenvalue weighted by Crippen LogP contribution is 2.39. The maximum absolute atomic E-state index is 13.3. The number of piperazine rings is 1. The summed E-state index contributed by atoms with van der Waals surface area (Å²) in [5.74, 6) is 5.80. The number of hydrogen-bond donors (Lipinski definition) is 3. The average molecular weight is 585 g/mol. The van der Waals surface area contributed by atoms with Gasteiger partial charge in [0.15, 0.2) is 0 Å². The van der Waals surface area contributed by atoms with Crippen LogP contribution in [0.2, 0.25) is 0 Å². The number of hydrogen-bond acceptors (Lipinski definition) is 8. The van der Waals surface area contributed by atoms with E-state index >= 15 is 0 Å². The summed E-state index contributed by atoms with van der Waals surface area (Å²) in [6, 6.07) is 6.87. The Bertz CT molecular complexity index is 1370. The molecule has 14 heteroatoms. The molecule has 2 heterocycles. The van der Waals surface area contributed by atoms with Crippen molar-refractivity contribution in [3.8, 4) is 11.8 Å². The summed E-state index contributed by atoms with van der Waals surface area (Å²) in [5, 5.41) is 21.6. The number of aromatic nitrogens is 1. The Morgan fingerprint density at radius 2 is 1.80 bits per heavy atom. The molecule has 1 aliphatic heterocycles. The lowest BCUT2D eigenvalue weighted by Crippen LogP contribution is -2.54. The van der Waals surface area contributed by atoms with Crippen LogP contribution in [0.25, 0.3) is 0 Å². The zero-order valence-corrected chi connectivity index (χ0v) is 23.2. The van der Waals surface area contributed by atoms with Gasteiger partial charge in [-0.2, -0.15) is 17.5 Å². The van der Waals surface area contributed by atoms with Gasteiger partial charge in [0.25, 0.3) is 0 Å². The van der Waals surface area contributed by atoms with E-state index in [2.05, 4.69) is 22.1 Å². The third-order valence-corrected chi connectivity index (χ3v) is 7.88. The van der Waals surface area contributed by atoms with Gasteiger partial charge in [0.1, 0.15) is 22.4 Å². The fourth-order valence-electron chi connectivity index (χ4n) is 4.01. The van der Waals surface area contributed by atoms with E-state index in [4.69, 9.17) is 4.74 Å². The predicted molar refractivity (Wildman–Crippen MR) is 141 cm³/mol. The highest BCUT2D eigenvalue weighted by Gasteiger charge is 2.54. The molecule has 1 saturated heterocycles. The largest absolute Gasteiger partial charge is 0.444 e. The molecule has 40 heavy (non-hydrogen) atoms. The van der Waals surface area contributed by atoms with Crippen molar-refractivity contribution in [2.24, 2.45) is 0 Å². The SMILES string of the molecule is CC#C[C@H]1CN(S(=O)(=O)c2ccc(NC(=O)OC(C)(C)C)nc2)CCN1c1ccc(C(O)(CO)C(F)(F)F)cc1. The van der Waals surface area contributed by atoms with Crippen LogP contribution in [0.3, 0.4) is 0 Å². The van der Waals surface area contributed by atoms with Gasteiger partial charge >= 0.3 is 12.3 Å². The van der Waals surface area contributed by atoms with Crippen LogP contribution in [-0.2, 0) is 20.4 Å². The molecule has 1 aliphatic rings. The normalized spacial score (nSPS) is 18.3. The van der Waals surface area contributed by atoms with E-state index in [0.717, 1.165) is 18.3 Å². The second-order valence-electron chi connectivity index (χ2n) is 10.0. The summed E-state index contributed by atoms with van der Waals surface area (Å²) < 4.78 is 73.0. The van der Waals surface area contributed by atoms with Crippen LogP contribution in [-0.4, -0.2) is 78.1 Å². The van der Waals surface area contributed by atoms with Gasteiger partial charge in [-0.25, -0.2) is 18.2 Å². The first-order chi connectivity index (χ1) is 18.5. The van der Waals surface area contributed by atoms with Crippen LogP contribution in [0.5, 0.6) is 0 Å². The van der Waals surface area contributed by atoms with E-state index < -0.39 is 51.7 Å². The Balaban J connectivity index is 1.77. The first-order valence-electron chi connectivity index (χ1n) is 12.2. The number of pyridine rings is 1. The van der Waals surface area contributed by atoms with Crippen molar-refractivity contribution in [3.63, 3.8) is 0 Å². The lowest BCUT2D eigenvalue weighted by Gasteiger charge is -2.40. The predicted octanol–water partition coefficient (Wildman–Crippen LogP) is 3.07. The maximum Gasteiger partial charge on any atom is 0.423 e. The Kier molecular flexibility index (Phi) is 9.05. The van der Waals surface area contributed by atoms with E-state index in [9.17, 15) is 36.6 Å². The summed E-state index contributed by atoms with van der Waals surface area (Å²) in [5.41, 5.74) is -4.19. The van der Waals surface area contributed by atoms with Crippen molar-refractivity contribution in [1.82, 2.24) is 9.29 Å². The smallest absolute Gasteiger partial charge is 0.423 e. The fourth-order valence-corrected chi connectivity index (χ4v) is 5.40. The Morgan fingerprint density at radius 1 is 1.15 bits per heavy atom. The number of aliphatic hydroxyl groups is 2. The summed E-state index contributed by atoms with van der Waals surface area (Å²) >= 11 is 0. The first kappa shape index (κ1) is 31.2. The number of nitrogens with one attached hydrogen (secondary N) is 1. The molecule has 0 aliphatic carbocycles. The third kappa shape index (κ3) is 6.84.